The van der Waals surface area contributed by atoms with E-state index in [9.17, 15) is 13.2 Å². The first kappa shape index (κ1) is 18.3. The van der Waals surface area contributed by atoms with Crippen molar-refractivity contribution in [1.29, 1.82) is 0 Å². The Hall–Kier alpha value is -0.740. The molecular formula is C12H26N4O4S. The van der Waals surface area contributed by atoms with Crippen LogP contribution in [0, 0.1) is 0 Å². The van der Waals surface area contributed by atoms with E-state index in [1.165, 1.54) is 14.2 Å². The molecule has 0 radical (unpaired) electrons. The van der Waals surface area contributed by atoms with Crippen LogP contribution in [0.15, 0.2) is 0 Å². The van der Waals surface area contributed by atoms with Gasteiger partial charge in [0, 0.05) is 52.9 Å². The van der Waals surface area contributed by atoms with Crippen LogP contribution in [0.1, 0.15) is 6.42 Å². The Labute approximate surface area is 127 Å². The number of nitrogens with one attached hydrogen (secondary N) is 1. The SMILES string of the molecule is COC(=O)CCN(C)S(=O)(=O)NCCN1CCN(C)CC1. The second-order valence-electron chi connectivity index (χ2n) is 5.19. The average molecular weight is 322 g/mol. The Morgan fingerprint density at radius 1 is 1.29 bits per heavy atom. The Morgan fingerprint density at radius 2 is 1.90 bits per heavy atom. The predicted octanol–water partition coefficient (Wildman–Crippen LogP) is -1.44. The van der Waals surface area contributed by atoms with E-state index in [1.807, 2.05) is 0 Å². The minimum Gasteiger partial charge on any atom is -0.469 e. The predicted molar refractivity (Wildman–Crippen MR) is 80.1 cm³/mol. The van der Waals surface area contributed by atoms with Crippen molar-refractivity contribution in [3.8, 4) is 0 Å². The molecule has 21 heavy (non-hydrogen) atoms. The maximum atomic E-state index is 12.0. The van der Waals surface area contributed by atoms with Gasteiger partial charge in [-0.2, -0.15) is 12.7 Å². The van der Waals surface area contributed by atoms with E-state index in [-0.39, 0.29) is 13.0 Å². The smallest absolute Gasteiger partial charge is 0.306 e. The fourth-order valence-electron chi connectivity index (χ4n) is 1.99. The van der Waals surface area contributed by atoms with Crippen molar-refractivity contribution in [2.75, 3.05) is 67.0 Å². The molecular weight excluding hydrogens is 296 g/mol. The molecule has 1 aliphatic heterocycles. The Morgan fingerprint density at radius 3 is 2.48 bits per heavy atom. The number of hydrogen-bond acceptors (Lipinski definition) is 6. The van der Waals surface area contributed by atoms with Gasteiger partial charge in [-0.25, -0.2) is 4.72 Å². The van der Waals surface area contributed by atoms with Crippen LogP contribution in [0.4, 0.5) is 0 Å². The molecule has 0 aliphatic carbocycles. The molecule has 8 nitrogen and oxygen atoms in total. The number of carbonyl (C=O) groups excluding carboxylic acids is 1. The molecule has 0 amide bonds. The van der Waals surface area contributed by atoms with Crippen LogP contribution < -0.4 is 4.72 Å². The molecule has 0 aromatic heterocycles. The molecule has 0 saturated carbocycles. The highest BCUT2D eigenvalue weighted by atomic mass is 32.2. The first-order valence-electron chi connectivity index (χ1n) is 7.04. The summed E-state index contributed by atoms with van der Waals surface area (Å²) in [4.78, 5) is 15.5. The highest BCUT2D eigenvalue weighted by Gasteiger charge is 2.19. The Kier molecular flexibility index (Phi) is 7.53. The van der Waals surface area contributed by atoms with E-state index in [0.29, 0.717) is 13.1 Å². The van der Waals surface area contributed by atoms with E-state index in [2.05, 4.69) is 26.3 Å². The van der Waals surface area contributed by atoms with Gasteiger partial charge in [-0.05, 0) is 7.05 Å². The van der Waals surface area contributed by atoms with E-state index in [1.54, 1.807) is 0 Å². The van der Waals surface area contributed by atoms with E-state index in [0.717, 1.165) is 30.5 Å². The number of nitrogens with zero attached hydrogens (tertiary/aromatic N) is 3. The third-order valence-electron chi connectivity index (χ3n) is 3.58. The van der Waals surface area contributed by atoms with Crippen LogP contribution in [-0.4, -0.2) is 95.5 Å². The van der Waals surface area contributed by atoms with Crippen LogP contribution in [0.2, 0.25) is 0 Å². The summed E-state index contributed by atoms with van der Waals surface area (Å²) in [5.41, 5.74) is 0. The fraction of sp³-hybridized carbons (Fsp3) is 0.917. The number of piperazine rings is 1. The molecule has 1 N–H and O–H groups in total. The molecule has 1 rings (SSSR count). The highest BCUT2D eigenvalue weighted by Crippen LogP contribution is 1.99. The molecule has 0 aromatic carbocycles. The molecule has 1 fully saturated rings. The van der Waals surface area contributed by atoms with Gasteiger partial charge in [0.25, 0.3) is 10.2 Å². The summed E-state index contributed by atoms with van der Waals surface area (Å²) in [6.07, 6.45) is 0.0480. The van der Waals surface area contributed by atoms with E-state index < -0.39 is 16.2 Å². The van der Waals surface area contributed by atoms with Crippen LogP contribution >= 0.6 is 0 Å². The summed E-state index contributed by atoms with van der Waals surface area (Å²) in [7, 11) is 1.27. The van der Waals surface area contributed by atoms with Crippen LogP contribution in [0.25, 0.3) is 0 Å². The normalized spacial score (nSPS) is 18.1. The second kappa shape index (κ2) is 8.64. The van der Waals surface area contributed by atoms with Gasteiger partial charge in [0.05, 0.1) is 13.5 Å². The zero-order valence-electron chi connectivity index (χ0n) is 13.0. The van der Waals surface area contributed by atoms with Gasteiger partial charge in [-0.15, -0.1) is 0 Å². The number of ether oxygens (including phenoxy) is 1. The number of esters is 1. The lowest BCUT2D eigenvalue weighted by Crippen LogP contribution is -2.48. The van der Waals surface area contributed by atoms with Gasteiger partial charge in [0.15, 0.2) is 0 Å². The summed E-state index contributed by atoms with van der Waals surface area (Å²) in [6.45, 7) is 5.09. The van der Waals surface area contributed by atoms with Gasteiger partial charge >= 0.3 is 5.97 Å². The molecule has 0 atom stereocenters. The average Bonchev–Trinajstić information content (AvgIpc) is 2.46. The van der Waals surface area contributed by atoms with Crippen LogP contribution in [0.5, 0.6) is 0 Å². The molecule has 0 aromatic rings. The van der Waals surface area contributed by atoms with Gasteiger partial charge in [0.2, 0.25) is 0 Å². The largest absolute Gasteiger partial charge is 0.469 e. The number of carbonyl (C=O) groups is 1. The Bertz CT molecular complexity index is 421. The van der Waals surface area contributed by atoms with Crippen LogP contribution in [-0.2, 0) is 19.7 Å². The summed E-state index contributed by atoms with van der Waals surface area (Å²) < 4.78 is 32.1. The van der Waals surface area contributed by atoms with Crippen molar-refractivity contribution in [1.82, 2.24) is 18.8 Å². The molecule has 9 heteroatoms. The third kappa shape index (κ3) is 6.70. The Balaban J connectivity index is 2.27. The minimum atomic E-state index is -3.54. The van der Waals surface area contributed by atoms with E-state index >= 15 is 0 Å². The van der Waals surface area contributed by atoms with Crippen molar-refractivity contribution in [3.05, 3.63) is 0 Å². The third-order valence-corrected chi connectivity index (χ3v) is 5.15. The summed E-state index contributed by atoms with van der Waals surface area (Å²) in [5, 5.41) is 0. The number of methoxy groups -OCH3 is 1. The minimum absolute atomic E-state index is 0.0480. The topological polar surface area (TPSA) is 82.2 Å². The molecule has 1 aliphatic rings. The van der Waals surface area contributed by atoms with E-state index in [4.69, 9.17) is 0 Å². The molecule has 0 spiro atoms. The molecule has 0 bridgehead atoms. The first-order valence-corrected chi connectivity index (χ1v) is 8.48. The van der Waals surface area contributed by atoms with Crippen LogP contribution in [0.3, 0.4) is 0 Å². The van der Waals surface area contributed by atoms with Crippen molar-refractivity contribution in [2.45, 2.75) is 6.42 Å². The molecule has 124 valence electrons. The lowest BCUT2D eigenvalue weighted by Gasteiger charge is -2.32. The molecule has 0 unspecified atom stereocenters. The summed E-state index contributed by atoms with van der Waals surface area (Å²) in [6, 6.07) is 0. The fourth-order valence-corrected chi connectivity index (χ4v) is 2.89. The van der Waals surface area contributed by atoms with Gasteiger partial charge in [-0.1, -0.05) is 0 Å². The van der Waals surface area contributed by atoms with Crippen molar-refractivity contribution < 1.29 is 17.9 Å². The maximum Gasteiger partial charge on any atom is 0.306 e. The number of likely N-dealkylation sites (N-methyl/N-ethyl adjacent to an activating group) is 1. The first-order chi connectivity index (χ1) is 9.85. The quantitative estimate of drug-likeness (QED) is 0.551. The standard InChI is InChI=1S/C12H26N4O4S/c1-14-8-10-16(11-9-14)7-5-13-21(18,19)15(2)6-4-12(17)20-3/h13H,4-11H2,1-3H3. The zero-order chi connectivity index (χ0) is 15.9. The highest BCUT2D eigenvalue weighted by molar-refractivity contribution is 7.87. The number of rotatable bonds is 8. The van der Waals surface area contributed by atoms with Crippen molar-refractivity contribution in [2.24, 2.45) is 0 Å². The zero-order valence-corrected chi connectivity index (χ0v) is 13.9. The van der Waals surface area contributed by atoms with Gasteiger partial charge in [0.1, 0.15) is 0 Å². The van der Waals surface area contributed by atoms with Crippen molar-refractivity contribution in [3.63, 3.8) is 0 Å². The summed E-state index contributed by atoms with van der Waals surface area (Å²) in [5.74, 6) is -0.422. The van der Waals surface area contributed by atoms with Gasteiger partial charge < -0.3 is 9.64 Å². The van der Waals surface area contributed by atoms with Gasteiger partial charge in [-0.3, -0.25) is 9.69 Å². The molecule has 1 heterocycles. The van der Waals surface area contributed by atoms with Crippen molar-refractivity contribution >= 4 is 16.2 Å². The monoisotopic (exact) mass is 322 g/mol. The lowest BCUT2D eigenvalue weighted by molar-refractivity contribution is -0.140. The molecule has 1 saturated heterocycles. The second-order valence-corrected chi connectivity index (χ2v) is 7.05. The summed E-state index contributed by atoms with van der Waals surface area (Å²) >= 11 is 0. The lowest BCUT2D eigenvalue weighted by atomic mass is 10.3. The number of hydrogen-bond donors (Lipinski definition) is 1. The maximum absolute atomic E-state index is 12.0.